The fourth-order valence-corrected chi connectivity index (χ4v) is 1.03. The van der Waals surface area contributed by atoms with Crippen molar-refractivity contribution in [2.75, 3.05) is 13.6 Å². The highest BCUT2D eigenvalue weighted by atomic mass is 16.5. The van der Waals surface area contributed by atoms with Gasteiger partial charge in [0.15, 0.2) is 0 Å². The van der Waals surface area contributed by atoms with E-state index in [1.807, 2.05) is 0 Å². The Bertz CT molecular complexity index is 527. The van der Waals surface area contributed by atoms with E-state index in [4.69, 9.17) is 6.85 Å². The average molecular weight is 212 g/mol. The van der Waals surface area contributed by atoms with Gasteiger partial charge in [-0.15, -0.1) is 0 Å². The van der Waals surface area contributed by atoms with Crippen molar-refractivity contribution in [3.63, 3.8) is 0 Å². The van der Waals surface area contributed by atoms with Gasteiger partial charge >= 0.3 is 5.97 Å². The Morgan fingerprint density at radius 1 is 1.53 bits per heavy atom. The van der Waals surface area contributed by atoms with Crippen molar-refractivity contribution in [3.8, 4) is 0 Å². The van der Waals surface area contributed by atoms with Crippen LogP contribution in [0.15, 0.2) is 24.3 Å². The molecule has 0 unspecified atom stereocenters. The molecule has 80 valence electrons. The molecule has 1 aromatic carbocycles. The van der Waals surface area contributed by atoms with Gasteiger partial charge in [0.05, 0.1) is 12.7 Å². The molecule has 0 bridgehead atoms. The summed E-state index contributed by atoms with van der Waals surface area (Å²) in [6, 6.07) is 5.35. The largest absolute Gasteiger partial charge is 0.465 e. The summed E-state index contributed by atoms with van der Waals surface area (Å²) in [6.07, 6.45) is 0. The molecule has 1 N–H and O–H groups in total. The maximum absolute atomic E-state index is 11.8. The second-order valence-corrected chi connectivity index (χ2v) is 2.65. The zero-order chi connectivity index (χ0) is 15.6. The maximum Gasteiger partial charge on any atom is 0.337 e. The first-order valence-electron chi connectivity index (χ1n) is 6.59. The SMILES string of the molecule is [2H]C([2H])([2H])C([2H])([2H])NC(=O)c1cccc(C(=O)OC)c1. The van der Waals surface area contributed by atoms with Crippen LogP contribution >= 0.6 is 0 Å². The van der Waals surface area contributed by atoms with Gasteiger partial charge in [-0.05, 0) is 25.1 Å². The number of benzene rings is 1. The minimum atomic E-state index is -3.00. The van der Waals surface area contributed by atoms with Gasteiger partial charge in [-0.1, -0.05) is 6.07 Å². The first-order chi connectivity index (χ1) is 9.08. The zero-order valence-corrected chi connectivity index (χ0v) is 8.03. The van der Waals surface area contributed by atoms with E-state index in [2.05, 4.69) is 4.74 Å². The summed E-state index contributed by atoms with van der Waals surface area (Å²) in [7, 11) is 1.18. The fraction of sp³-hybridized carbons (Fsp3) is 0.273. The molecule has 0 aliphatic carbocycles. The Labute approximate surface area is 95.3 Å². The van der Waals surface area contributed by atoms with E-state index in [9.17, 15) is 9.59 Å². The monoisotopic (exact) mass is 212 g/mol. The van der Waals surface area contributed by atoms with Crippen LogP contribution in [-0.2, 0) is 4.74 Å². The van der Waals surface area contributed by atoms with Crippen molar-refractivity contribution < 1.29 is 21.2 Å². The second-order valence-electron chi connectivity index (χ2n) is 2.65. The lowest BCUT2D eigenvalue weighted by atomic mass is 10.1. The van der Waals surface area contributed by atoms with E-state index in [1.165, 1.54) is 31.4 Å². The highest BCUT2D eigenvalue weighted by molar-refractivity contribution is 5.97. The van der Waals surface area contributed by atoms with Gasteiger partial charge in [0.25, 0.3) is 5.91 Å². The van der Waals surface area contributed by atoms with Crippen LogP contribution in [0.5, 0.6) is 0 Å². The Morgan fingerprint density at radius 2 is 2.27 bits per heavy atom. The molecular formula is C11H13NO3. The van der Waals surface area contributed by atoms with Crippen molar-refractivity contribution >= 4 is 11.9 Å². The quantitative estimate of drug-likeness (QED) is 0.766. The first-order valence-corrected chi connectivity index (χ1v) is 4.09. The Kier molecular flexibility index (Phi) is 2.02. The van der Waals surface area contributed by atoms with E-state index in [0.717, 1.165) is 0 Å². The first kappa shape index (κ1) is 5.90. The van der Waals surface area contributed by atoms with Gasteiger partial charge in [0.1, 0.15) is 0 Å². The van der Waals surface area contributed by atoms with Gasteiger partial charge < -0.3 is 10.1 Å². The van der Waals surface area contributed by atoms with E-state index in [-0.39, 0.29) is 11.1 Å². The minimum Gasteiger partial charge on any atom is -0.465 e. The van der Waals surface area contributed by atoms with Crippen molar-refractivity contribution in [1.82, 2.24) is 5.32 Å². The van der Waals surface area contributed by atoms with E-state index in [1.54, 1.807) is 5.32 Å². The maximum atomic E-state index is 11.8. The summed E-state index contributed by atoms with van der Waals surface area (Å²) < 4.78 is 40.1. The van der Waals surface area contributed by atoms with Gasteiger partial charge in [-0.25, -0.2) is 4.79 Å². The predicted octanol–water partition coefficient (Wildman–Crippen LogP) is 1.22. The molecule has 0 aliphatic heterocycles. The topological polar surface area (TPSA) is 55.4 Å². The molecule has 1 aromatic rings. The van der Waals surface area contributed by atoms with Crippen LogP contribution in [0.2, 0.25) is 0 Å². The number of carbonyl (C=O) groups is 2. The second kappa shape index (κ2) is 5.14. The third-order valence-corrected chi connectivity index (χ3v) is 1.72. The number of methoxy groups -OCH3 is 1. The van der Waals surface area contributed by atoms with Gasteiger partial charge in [0, 0.05) is 18.9 Å². The molecule has 0 spiro atoms. The lowest BCUT2D eigenvalue weighted by molar-refractivity contribution is 0.0600. The van der Waals surface area contributed by atoms with Crippen molar-refractivity contribution in [2.24, 2.45) is 0 Å². The third kappa shape index (κ3) is 2.80. The Balaban J connectivity index is 2.97. The standard InChI is InChI=1S/C11H13NO3/c1-3-12-10(13)8-5-4-6-9(7-8)11(14)15-2/h4-7H,3H2,1-2H3,(H,12,13)/i1D3,3D2. The Morgan fingerprint density at radius 3 is 2.93 bits per heavy atom. The van der Waals surface area contributed by atoms with Crippen LogP contribution in [0.1, 0.15) is 34.4 Å². The molecule has 15 heavy (non-hydrogen) atoms. The van der Waals surface area contributed by atoms with E-state index in [0.29, 0.717) is 0 Å². The lowest BCUT2D eigenvalue weighted by Crippen LogP contribution is -2.22. The number of hydrogen-bond acceptors (Lipinski definition) is 3. The summed E-state index contributed by atoms with van der Waals surface area (Å²) in [6.45, 7) is -5.87. The predicted molar refractivity (Wildman–Crippen MR) is 55.8 cm³/mol. The number of nitrogens with one attached hydrogen (secondary N) is 1. The smallest absolute Gasteiger partial charge is 0.337 e. The number of carbonyl (C=O) groups excluding carboxylic acids is 2. The summed E-state index contributed by atoms with van der Waals surface area (Å²) in [5, 5.41) is 1.78. The zero-order valence-electron chi connectivity index (χ0n) is 13.0. The number of esters is 1. The van der Waals surface area contributed by atoms with Crippen LogP contribution < -0.4 is 5.32 Å². The summed E-state index contributed by atoms with van der Waals surface area (Å²) >= 11 is 0. The molecule has 0 saturated heterocycles. The average Bonchev–Trinajstić information content (AvgIpc) is 2.36. The fourth-order valence-electron chi connectivity index (χ4n) is 1.03. The molecule has 0 aliphatic rings. The van der Waals surface area contributed by atoms with Crippen molar-refractivity contribution in [3.05, 3.63) is 35.4 Å². The minimum absolute atomic E-state index is 0.0407. The van der Waals surface area contributed by atoms with E-state index >= 15 is 0 Å². The third-order valence-electron chi connectivity index (χ3n) is 1.72. The molecule has 0 radical (unpaired) electrons. The van der Waals surface area contributed by atoms with Gasteiger partial charge in [-0.3, -0.25) is 4.79 Å². The molecule has 0 heterocycles. The summed E-state index contributed by atoms with van der Waals surface area (Å²) in [5.41, 5.74) is 0.0654. The Hall–Kier alpha value is -1.84. The number of hydrogen-bond donors (Lipinski definition) is 1. The van der Waals surface area contributed by atoms with Crippen LogP contribution in [0.3, 0.4) is 0 Å². The van der Waals surface area contributed by atoms with Gasteiger partial charge in [-0.2, -0.15) is 0 Å². The highest BCUT2D eigenvalue weighted by Crippen LogP contribution is 2.06. The molecule has 0 aromatic heterocycles. The van der Waals surface area contributed by atoms with Crippen LogP contribution in [0, 0.1) is 0 Å². The molecule has 0 fully saturated rings. The molecular weight excluding hydrogens is 194 g/mol. The molecule has 0 atom stereocenters. The van der Waals surface area contributed by atoms with E-state index < -0.39 is 25.2 Å². The number of amides is 1. The normalized spacial score (nSPS) is 16.2. The molecule has 1 amide bonds. The summed E-state index contributed by atoms with van der Waals surface area (Å²) in [4.78, 5) is 23.1. The van der Waals surface area contributed by atoms with Gasteiger partial charge in [0.2, 0.25) is 0 Å². The van der Waals surface area contributed by atoms with Crippen LogP contribution in [0.4, 0.5) is 0 Å². The molecule has 4 heteroatoms. The number of rotatable bonds is 3. The van der Waals surface area contributed by atoms with Crippen molar-refractivity contribution in [2.45, 2.75) is 6.85 Å². The van der Waals surface area contributed by atoms with Crippen LogP contribution in [0.25, 0.3) is 0 Å². The summed E-state index contributed by atoms with van der Waals surface area (Å²) in [5.74, 6) is -1.59. The molecule has 4 nitrogen and oxygen atoms in total. The number of ether oxygens (including phenoxy) is 1. The lowest BCUT2D eigenvalue weighted by Gasteiger charge is -2.03. The molecule has 1 rings (SSSR count). The van der Waals surface area contributed by atoms with Crippen LogP contribution in [-0.4, -0.2) is 25.5 Å². The highest BCUT2D eigenvalue weighted by Gasteiger charge is 2.09. The van der Waals surface area contributed by atoms with Crippen molar-refractivity contribution in [1.29, 1.82) is 0 Å². The molecule has 0 saturated carbocycles.